The first-order chi connectivity index (χ1) is 8.52. The van der Waals surface area contributed by atoms with Crippen molar-refractivity contribution >= 4 is 11.8 Å². The average Bonchev–Trinajstić information content (AvgIpc) is 2.36. The summed E-state index contributed by atoms with van der Waals surface area (Å²) in [6.07, 6.45) is 0.862. The van der Waals surface area contributed by atoms with Gasteiger partial charge in [-0.25, -0.2) is 0 Å². The molecule has 5 nitrogen and oxygen atoms in total. The molecule has 2 rings (SSSR count). The molecule has 1 saturated heterocycles. The molecule has 5 N–H and O–H groups in total. The molecular weight excluding hydrogens is 254 g/mol. The molecular formula is C12H21NO4S. The van der Waals surface area contributed by atoms with Gasteiger partial charge in [0.05, 0.1) is 0 Å². The lowest BCUT2D eigenvalue weighted by molar-refractivity contribution is -0.204. The predicted octanol–water partition coefficient (Wildman–Crippen LogP) is -0.550. The maximum atomic E-state index is 9.98. The number of aliphatic hydroxyl groups excluding tert-OH is 3. The van der Waals surface area contributed by atoms with Gasteiger partial charge in [0.2, 0.25) is 0 Å². The molecule has 0 radical (unpaired) electrons. The van der Waals surface area contributed by atoms with E-state index < -0.39 is 35.9 Å². The smallest absolute Gasteiger partial charge is 0.132 e. The van der Waals surface area contributed by atoms with Crippen LogP contribution < -0.4 is 5.73 Å². The zero-order chi connectivity index (χ0) is 13.3. The van der Waals surface area contributed by atoms with Crippen molar-refractivity contribution < 1.29 is 20.1 Å². The molecule has 2 aliphatic heterocycles. The molecule has 0 amide bonds. The molecule has 0 spiro atoms. The minimum absolute atomic E-state index is 0.0517. The van der Waals surface area contributed by atoms with E-state index in [0.717, 1.165) is 12.2 Å². The van der Waals surface area contributed by atoms with Crippen LogP contribution in [0.2, 0.25) is 0 Å². The quantitative estimate of drug-likeness (QED) is 0.443. The molecule has 0 aromatic carbocycles. The number of thioether (sulfide) groups is 1. The highest BCUT2D eigenvalue weighted by Crippen LogP contribution is 2.32. The molecule has 0 aromatic heterocycles. The lowest BCUT2D eigenvalue weighted by Gasteiger charge is -2.43. The Morgan fingerprint density at radius 2 is 1.94 bits per heavy atom. The summed E-state index contributed by atoms with van der Waals surface area (Å²) in [6, 6.07) is -0.403. The van der Waals surface area contributed by atoms with Gasteiger partial charge in [0, 0.05) is 6.04 Å². The minimum Gasteiger partial charge on any atom is -0.388 e. The highest BCUT2D eigenvalue weighted by Gasteiger charge is 2.46. The second-order valence-corrected chi connectivity index (χ2v) is 6.17. The van der Waals surface area contributed by atoms with Gasteiger partial charge in [-0.2, -0.15) is 0 Å². The van der Waals surface area contributed by atoms with E-state index in [1.807, 2.05) is 13.0 Å². The van der Waals surface area contributed by atoms with Crippen molar-refractivity contribution in [3.8, 4) is 0 Å². The van der Waals surface area contributed by atoms with E-state index in [-0.39, 0.29) is 5.92 Å². The fourth-order valence-corrected chi connectivity index (χ4v) is 3.39. The van der Waals surface area contributed by atoms with E-state index in [2.05, 4.69) is 6.08 Å². The van der Waals surface area contributed by atoms with Gasteiger partial charge in [-0.3, -0.25) is 0 Å². The molecule has 104 valence electrons. The average molecular weight is 275 g/mol. The zero-order valence-corrected chi connectivity index (χ0v) is 11.2. The van der Waals surface area contributed by atoms with Crippen LogP contribution in [0.3, 0.4) is 0 Å². The number of hydrogen-bond donors (Lipinski definition) is 4. The topological polar surface area (TPSA) is 95.9 Å². The minimum atomic E-state index is -1.21. The Morgan fingerprint density at radius 3 is 2.67 bits per heavy atom. The van der Waals surface area contributed by atoms with Crippen molar-refractivity contribution in [3.63, 3.8) is 0 Å². The van der Waals surface area contributed by atoms with Crippen LogP contribution in [-0.4, -0.2) is 57.0 Å². The van der Waals surface area contributed by atoms with Crippen LogP contribution in [-0.2, 0) is 4.74 Å². The lowest BCUT2D eigenvalue weighted by Crippen LogP contribution is -2.62. The molecule has 7 atom stereocenters. The molecule has 6 heteroatoms. The van der Waals surface area contributed by atoms with Crippen molar-refractivity contribution in [2.75, 3.05) is 5.75 Å². The maximum absolute atomic E-state index is 9.98. The lowest BCUT2D eigenvalue weighted by atomic mass is 9.88. The van der Waals surface area contributed by atoms with Gasteiger partial charge in [-0.05, 0) is 18.1 Å². The van der Waals surface area contributed by atoms with E-state index >= 15 is 0 Å². The molecule has 1 fully saturated rings. The van der Waals surface area contributed by atoms with Crippen molar-refractivity contribution in [2.45, 2.75) is 49.2 Å². The van der Waals surface area contributed by atoms with Crippen LogP contribution in [0.25, 0.3) is 0 Å². The van der Waals surface area contributed by atoms with Gasteiger partial charge in [0.25, 0.3) is 0 Å². The zero-order valence-electron chi connectivity index (χ0n) is 10.3. The summed E-state index contributed by atoms with van der Waals surface area (Å²) in [7, 11) is 0. The van der Waals surface area contributed by atoms with E-state index in [4.69, 9.17) is 10.5 Å². The molecule has 18 heavy (non-hydrogen) atoms. The highest BCUT2D eigenvalue weighted by atomic mass is 32.2. The third-order valence-electron chi connectivity index (χ3n) is 3.60. The Balaban J connectivity index is 2.22. The molecule has 2 aliphatic rings. The Hall–Kier alpha value is -0.110. The molecule has 0 aromatic rings. The number of fused-ring (bicyclic) bond motifs is 2. The third kappa shape index (κ3) is 2.74. The first-order valence-corrected chi connectivity index (χ1v) is 7.30. The van der Waals surface area contributed by atoms with Crippen LogP contribution in [0, 0.1) is 5.92 Å². The van der Waals surface area contributed by atoms with Crippen molar-refractivity contribution in [1.82, 2.24) is 0 Å². The van der Waals surface area contributed by atoms with Gasteiger partial charge < -0.3 is 25.8 Å². The summed E-state index contributed by atoms with van der Waals surface area (Å²) in [6.45, 7) is 1.96. The third-order valence-corrected chi connectivity index (χ3v) is 4.79. The molecule has 0 unspecified atom stereocenters. The standard InChI is InChI=1S/C12H21NO4S/c1-6-4-2-3-5-18-12-10(16)8(14)9(15)11(17-12)7(6)13/h2,4,6-12,14-16H,3,5,13H2,1H3/b4-2+/t6-,7+,8-,9+,10+,11+,12+/m0/s1. The SMILES string of the molecule is C[C@H]1/C=C/CCS[C@H]2O[C@H]([C@@H]1N)[C@H](O)[C@H](O)[C@H]2O. The number of ether oxygens (including phenoxy) is 1. The molecule has 0 aliphatic carbocycles. The summed E-state index contributed by atoms with van der Waals surface area (Å²) in [4.78, 5) is 0. The van der Waals surface area contributed by atoms with Gasteiger partial charge >= 0.3 is 0 Å². The Kier molecular flexibility index (Phi) is 4.69. The van der Waals surface area contributed by atoms with Crippen molar-refractivity contribution in [3.05, 3.63) is 12.2 Å². The van der Waals surface area contributed by atoms with Crippen molar-refractivity contribution in [1.29, 1.82) is 0 Å². The summed E-state index contributed by atoms with van der Waals surface area (Å²) >= 11 is 1.44. The Morgan fingerprint density at radius 1 is 1.22 bits per heavy atom. The Bertz CT molecular complexity index is 314. The van der Waals surface area contributed by atoms with E-state index in [9.17, 15) is 15.3 Å². The van der Waals surface area contributed by atoms with Gasteiger partial charge in [0.15, 0.2) is 0 Å². The summed E-state index contributed by atoms with van der Waals surface area (Å²) < 4.78 is 5.68. The van der Waals surface area contributed by atoms with E-state index in [0.29, 0.717) is 0 Å². The van der Waals surface area contributed by atoms with Crippen LogP contribution in [0.1, 0.15) is 13.3 Å². The maximum Gasteiger partial charge on any atom is 0.132 e. The molecule has 0 saturated carbocycles. The predicted molar refractivity (Wildman–Crippen MR) is 70.0 cm³/mol. The monoisotopic (exact) mass is 275 g/mol. The second-order valence-electron chi connectivity index (χ2n) is 4.96. The summed E-state index contributed by atoms with van der Waals surface area (Å²) in [5.41, 5.74) is 5.55. The Labute approximate surface area is 111 Å². The largest absolute Gasteiger partial charge is 0.388 e. The van der Waals surface area contributed by atoms with Crippen LogP contribution in [0.15, 0.2) is 12.2 Å². The summed E-state index contributed by atoms with van der Waals surface area (Å²) in [5, 5.41) is 29.7. The fraction of sp³-hybridized carbons (Fsp3) is 0.833. The molecule has 2 heterocycles. The van der Waals surface area contributed by atoms with Crippen LogP contribution in [0.4, 0.5) is 0 Å². The van der Waals surface area contributed by atoms with Crippen molar-refractivity contribution in [2.24, 2.45) is 11.7 Å². The van der Waals surface area contributed by atoms with Gasteiger partial charge in [-0.15, -0.1) is 11.8 Å². The van der Waals surface area contributed by atoms with Crippen LogP contribution in [0.5, 0.6) is 0 Å². The number of rotatable bonds is 0. The second kappa shape index (κ2) is 5.90. The number of aliphatic hydroxyl groups is 3. The first kappa shape index (κ1) is 14.3. The fourth-order valence-electron chi connectivity index (χ4n) is 2.32. The number of nitrogens with two attached hydrogens (primary N) is 1. The van der Waals surface area contributed by atoms with E-state index in [1.165, 1.54) is 11.8 Å². The normalized spacial score (nSPS) is 51.7. The van der Waals surface area contributed by atoms with Crippen LogP contribution >= 0.6 is 11.8 Å². The number of hydrogen-bond acceptors (Lipinski definition) is 6. The highest BCUT2D eigenvalue weighted by molar-refractivity contribution is 7.99. The number of allylic oxidation sites excluding steroid dienone is 1. The first-order valence-electron chi connectivity index (χ1n) is 6.26. The van der Waals surface area contributed by atoms with E-state index in [1.54, 1.807) is 0 Å². The molecule has 2 bridgehead atoms. The summed E-state index contributed by atoms with van der Waals surface area (Å²) in [5.74, 6) is 0.853. The van der Waals surface area contributed by atoms with Gasteiger partial charge in [0.1, 0.15) is 29.9 Å². The van der Waals surface area contributed by atoms with Gasteiger partial charge in [-0.1, -0.05) is 19.1 Å².